The Balaban J connectivity index is 1.76. The molecule has 0 unspecified atom stereocenters. The highest BCUT2D eigenvalue weighted by Crippen LogP contribution is 2.18. The van der Waals surface area contributed by atoms with Gasteiger partial charge in [0.25, 0.3) is 0 Å². The van der Waals surface area contributed by atoms with Crippen molar-refractivity contribution in [1.82, 2.24) is 10.2 Å². The molecule has 2 rings (SSSR count). The van der Waals surface area contributed by atoms with Gasteiger partial charge < -0.3 is 5.32 Å². The number of nitrogens with one attached hydrogen (secondary N) is 1. The van der Waals surface area contributed by atoms with Crippen molar-refractivity contribution >= 4 is 0 Å². The Morgan fingerprint density at radius 2 is 1.70 bits per heavy atom. The van der Waals surface area contributed by atoms with Crippen molar-refractivity contribution < 1.29 is 0 Å². The highest BCUT2D eigenvalue weighted by molar-refractivity contribution is 5.22. The fourth-order valence-electron chi connectivity index (χ4n) is 2.75. The molecule has 0 saturated carbocycles. The van der Waals surface area contributed by atoms with Crippen molar-refractivity contribution in [2.24, 2.45) is 11.8 Å². The fourth-order valence-corrected chi connectivity index (χ4v) is 2.75. The predicted octanol–water partition coefficient (Wildman–Crippen LogP) is 3.66. The number of piperidine rings is 1. The van der Waals surface area contributed by atoms with Gasteiger partial charge in [0.05, 0.1) is 0 Å². The molecular weight excluding hydrogens is 244 g/mol. The van der Waals surface area contributed by atoms with Crippen LogP contribution < -0.4 is 5.32 Å². The van der Waals surface area contributed by atoms with Crippen molar-refractivity contribution in [3.63, 3.8) is 0 Å². The lowest BCUT2D eigenvalue weighted by atomic mass is 9.99. The Hall–Kier alpha value is -0.860. The fraction of sp³-hybridized carbons (Fsp3) is 0.667. The molecule has 0 atom stereocenters. The zero-order chi connectivity index (χ0) is 14.4. The van der Waals surface area contributed by atoms with Crippen LogP contribution in [0.4, 0.5) is 0 Å². The van der Waals surface area contributed by atoms with Crippen LogP contribution in [-0.4, -0.2) is 24.5 Å². The lowest BCUT2D eigenvalue weighted by Gasteiger charge is -2.30. The number of likely N-dealkylation sites (tertiary alicyclic amines) is 1. The molecule has 0 radical (unpaired) electrons. The van der Waals surface area contributed by atoms with E-state index in [9.17, 15) is 0 Å². The molecule has 1 heterocycles. The van der Waals surface area contributed by atoms with Crippen LogP contribution in [0.1, 0.15) is 44.7 Å². The average Bonchev–Trinajstić information content (AvgIpc) is 2.43. The second-order valence-corrected chi connectivity index (χ2v) is 6.80. The van der Waals surface area contributed by atoms with Crippen LogP contribution in [0.3, 0.4) is 0 Å². The first-order valence-electron chi connectivity index (χ1n) is 8.14. The second-order valence-electron chi connectivity index (χ2n) is 6.80. The topological polar surface area (TPSA) is 15.3 Å². The van der Waals surface area contributed by atoms with Crippen LogP contribution in [0, 0.1) is 11.8 Å². The van der Waals surface area contributed by atoms with Crippen LogP contribution in [0.15, 0.2) is 24.3 Å². The summed E-state index contributed by atoms with van der Waals surface area (Å²) in [5.74, 6) is 1.64. The van der Waals surface area contributed by atoms with Gasteiger partial charge >= 0.3 is 0 Å². The molecule has 1 N–H and O–H groups in total. The van der Waals surface area contributed by atoms with Gasteiger partial charge in [-0.2, -0.15) is 0 Å². The lowest BCUT2D eigenvalue weighted by molar-refractivity contribution is 0.185. The molecule has 20 heavy (non-hydrogen) atoms. The van der Waals surface area contributed by atoms with Gasteiger partial charge in [0.2, 0.25) is 0 Å². The van der Waals surface area contributed by atoms with Gasteiger partial charge in [0.1, 0.15) is 0 Å². The van der Waals surface area contributed by atoms with E-state index in [0.717, 1.165) is 31.5 Å². The summed E-state index contributed by atoms with van der Waals surface area (Å²) < 4.78 is 0. The highest BCUT2D eigenvalue weighted by atomic mass is 15.1. The summed E-state index contributed by atoms with van der Waals surface area (Å²) in [6.07, 6.45) is 2.72. The number of rotatable bonds is 6. The minimum atomic E-state index is 0.718. The standard InChI is InChI=1S/C18H30N2/c1-15(2)12-19-13-17-4-6-18(7-5-17)14-20-10-8-16(3)9-11-20/h4-7,15-16,19H,8-14H2,1-3H3. The maximum atomic E-state index is 3.50. The maximum Gasteiger partial charge on any atom is 0.0233 e. The molecule has 2 heteroatoms. The monoisotopic (exact) mass is 274 g/mol. The van der Waals surface area contributed by atoms with Gasteiger partial charge in [-0.1, -0.05) is 45.0 Å². The first-order chi connectivity index (χ1) is 9.63. The smallest absolute Gasteiger partial charge is 0.0233 e. The van der Waals surface area contributed by atoms with Gasteiger partial charge in [-0.25, -0.2) is 0 Å². The summed E-state index contributed by atoms with van der Waals surface area (Å²) >= 11 is 0. The van der Waals surface area contributed by atoms with Crippen molar-refractivity contribution in [2.75, 3.05) is 19.6 Å². The maximum absolute atomic E-state index is 3.50. The molecule has 0 amide bonds. The Morgan fingerprint density at radius 3 is 2.30 bits per heavy atom. The summed E-state index contributed by atoms with van der Waals surface area (Å²) in [4.78, 5) is 2.59. The van der Waals surface area contributed by atoms with Crippen LogP contribution in [-0.2, 0) is 13.1 Å². The summed E-state index contributed by atoms with van der Waals surface area (Å²) in [7, 11) is 0. The minimum Gasteiger partial charge on any atom is -0.312 e. The molecular formula is C18H30N2. The van der Waals surface area contributed by atoms with E-state index in [1.807, 2.05) is 0 Å². The molecule has 1 aromatic carbocycles. The van der Waals surface area contributed by atoms with E-state index in [-0.39, 0.29) is 0 Å². The van der Waals surface area contributed by atoms with E-state index in [2.05, 4.69) is 55.3 Å². The van der Waals surface area contributed by atoms with Gasteiger partial charge in [-0.05, 0) is 55.4 Å². The number of nitrogens with zero attached hydrogens (tertiary/aromatic N) is 1. The Kier molecular flexibility index (Phi) is 6.06. The summed E-state index contributed by atoms with van der Waals surface area (Å²) in [6, 6.07) is 9.14. The first-order valence-corrected chi connectivity index (χ1v) is 8.14. The molecule has 1 fully saturated rings. The summed E-state index contributed by atoms with van der Waals surface area (Å²) in [6.45, 7) is 12.6. The lowest BCUT2D eigenvalue weighted by Crippen LogP contribution is -2.32. The predicted molar refractivity (Wildman–Crippen MR) is 86.7 cm³/mol. The zero-order valence-corrected chi connectivity index (χ0v) is 13.4. The minimum absolute atomic E-state index is 0.718. The van der Waals surface area contributed by atoms with E-state index in [1.54, 1.807) is 0 Å². The normalized spacial score (nSPS) is 17.8. The van der Waals surface area contributed by atoms with Gasteiger partial charge in [-0.3, -0.25) is 4.90 Å². The van der Waals surface area contributed by atoms with Crippen LogP contribution in [0.5, 0.6) is 0 Å². The molecule has 112 valence electrons. The largest absolute Gasteiger partial charge is 0.312 e. The van der Waals surface area contributed by atoms with E-state index in [0.29, 0.717) is 0 Å². The number of hydrogen-bond donors (Lipinski definition) is 1. The highest BCUT2D eigenvalue weighted by Gasteiger charge is 2.15. The Labute approximate surface area is 124 Å². The molecule has 0 bridgehead atoms. The van der Waals surface area contributed by atoms with Crippen LogP contribution in [0.2, 0.25) is 0 Å². The average molecular weight is 274 g/mol. The molecule has 1 saturated heterocycles. The summed E-state index contributed by atoms with van der Waals surface area (Å²) in [5.41, 5.74) is 2.84. The number of hydrogen-bond acceptors (Lipinski definition) is 2. The van der Waals surface area contributed by atoms with Crippen molar-refractivity contribution in [3.8, 4) is 0 Å². The molecule has 1 aliphatic heterocycles. The van der Waals surface area contributed by atoms with Crippen molar-refractivity contribution in [1.29, 1.82) is 0 Å². The third-order valence-electron chi connectivity index (χ3n) is 4.19. The summed E-state index contributed by atoms with van der Waals surface area (Å²) in [5, 5.41) is 3.50. The van der Waals surface area contributed by atoms with E-state index in [4.69, 9.17) is 0 Å². The quantitative estimate of drug-likeness (QED) is 0.851. The Bertz CT molecular complexity index is 375. The van der Waals surface area contributed by atoms with Gasteiger partial charge in [-0.15, -0.1) is 0 Å². The third-order valence-corrected chi connectivity index (χ3v) is 4.19. The number of benzene rings is 1. The molecule has 1 aliphatic rings. The van der Waals surface area contributed by atoms with Crippen molar-refractivity contribution in [2.45, 2.75) is 46.7 Å². The molecule has 0 aliphatic carbocycles. The van der Waals surface area contributed by atoms with E-state index in [1.165, 1.54) is 37.1 Å². The van der Waals surface area contributed by atoms with E-state index >= 15 is 0 Å². The SMILES string of the molecule is CC(C)CNCc1ccc(CN2CCC(C)CC2)cc1. The van der Waals surface area contributed by atoms with Crippen LogP contribution in [0.25, 0.3) is 0 Å². The molecule has 0 aromatic heterocycles. The molecule has 2 nitrogen and oxygen atoms in total. The third kappa shape index (κ3) is 5.26. The van der Waals surface area contributed by atoms with Crippen LogP contribution >= 0.6 is 0 Å². The second kappa shape index (κ2) is 7.80. The first kappa shape index (κ1) is 15.5. The Morgan fingerprint density at radius 1 is 1.10 bits per heavy atom. The zero-order valence-electron chi connectivity index (χ0n) is 13.4. The van der Waals surface area contributed by atoms with Gasteiger partial charge in [0, 0.05) is 13.1 Å². The molecule has 0 spiro atoms. The molecule has 1 aromatic rings. The van der Waals surface area contributed by atoms with Gasteiger partial charge in [0.15, 0.2) is 0 Å². The van der Waals surface area contributed by atoms with E-state index < -0.39 is 0 Å². The van der Waals surface area contributed by atoms with Crippen molar-refractivity contribution in [3.05, 3.63) is 35.4 Å².